The molecule has 0 atom stereocenters. The Labute approximate surface area is 156 Å². The predicted octanol–water partition coefficient (Wildman–Crippen LogP) is 3.34. The molecule has 0 aliphatic heterocycles. The average Bonchev–Trinajstić information content (AvgIpc) is 2.55. The van der Waals surface area contributed by atoms with Gasteiger partial charge in [0.2, 0.25) is 5.88 Å². The Bertz CT molecular complexity index is 487. The molecule has 2 rings (SSSR count). The molecular formula is C17H29IN4O. The molecule has 5 nitrogen and oxygen atoms in total. The molecule has 0 unspecified atom stereocenters. The summed E-state index contributed by atoms with van der Waals surface area (Å²) in [5, 5.41) is 6.89. The Morgan fingerprint density at radius 3 is 2.74 bits per heavy atom. The van der Waals surface area contributed by atoms with Crippen LogP contribution in [0.1, 0.15) is 45.1 Å². The largest absolute Gasteiger partial charge is 0.481 e. The van der Waals surface area contributed by atoms with Crippen LogP contribution in [-0.4, -0.2) is 30.6 Å². The molecule has 6 heteroatoms. The van der Waals surface area contributed by atoms with Gasteiger partial charge in [-0.3, -0.25) is 0 Å². The Kier molecular flexibility index (Phi) is 9.28. The van der Waals surface area contributed by atoms with E-state index in [1.807, 2.05) is 12.1 Å². The van der Waals surface area contributed by atoms with Crippen molar-refractivity contribution < 1.29 is 4.74 Å². The van der Waals surface area contributed by atoms with Gasteiger partial charge in [-0.25, -0.2) is 9.98 Å². The van der Waals surface area contributed by atoms with E-state index in [1.165, 1.54) is 25.7 Å². The molecule has 23 heavy (non-hydrogen) atoms. The molecule has 1 aromatic rings. The molecule has 0 saturated heterocycles. The number of rotatable bonds is 5. The van der Waals surface area contributed by atoms with Crippen molar-refractivity contribution >= 4 is 29.9 Å². The van der Waals surface area contributed by atoms with E-state index >= 15 is 0 Å². The zero-order valence-corrected chi connectivity index (χ0v) is 16.7. The summed E-state index contributed by atoms with van der Waals surface area (Å²) in [5.74, 6) is 2.39. The van der Waals surface area contributed by atoms with E-state index in [1.54, 1.807) is 13.3 Å². The third kappa shape index (κ3) is 6.53. The van der Waals surface area contributed by atoms with E-state index in [9.17, 15) is 0 Å². The van der Waals surface area contributed by atoms with Gasteiger partial charge in [0, 0.05) is 24.3 Å². The molecule has 0 radical (unpaired) electrons. The third-order valence-corrected chi connectivity index (χ3v) is 4.15. The van der Waals surface area contributed by atoms with Gasteiger partial charge in [-0.2, -0.15) is 0 Å². The lowest BCUT2D eigenvalue weighted by Crippen LogP contribution is -2.44. The van der Waals surface area contributed by atoms with E-state index in [0.717, 1.165) is 24.0 Å². The second-order valence-electron chi connectivity index (χ2n) is 5.97. The van der Waals surface area contributed by atoms with Gasteiger partial charge in [0.1, 0.15) is 0 Å². The van der Waals surface area contributed by atoms with Crippen LogP contribution in [0.2, 0.25) is 0 Å². The van der Waals surface area contributed by atoms with E-state index in [2.05, 4.69) is 34.5 Å². The van der Waals surface area contributed by atoms with Gasteiger partial charge in [0.25, 0.3) is 0 Å². The first-order chi connectivity index (χ1) is 10.7. The minimum atomic E-state index is 0. The smallest absolute Gasteiger partial charge is 0.218 e. The molecule has 130 valence electrons. The van der Waals surface area contributed by atoms with Gasteiger partial charge in [-0.15, -0.1) is 24.0 Å². The number of nitrogens with one attached hydrogen (secondary N) is 2. The lowest BCUT2D eigenvalue weighted by molar-refractivity contribution is 0.329. The van der Waals surface area contributed by atoms with Crippen molar-refractivity contribution in [3.63, 3.8) is 0 Å². The number of pyridine rings is 1. The van der Waals surface area contributed by atoms with Crippen molar-refractivity contribution in [3.8, 4) is 5.88 Å². The van der Waals surface area contributed by atoms with Crippen LogP contribution < -0.4 is 15.4 Å². The molecule has 1 heterocycles. The number of ether oxygens (including phenoxy) is 1. The van der Waals surface area contributed by atoms with Crippen LogP contribution in [0.4, 0.5) is 0 Å². The number of hydrogen-bond acceptors (Lipinski definition) is 3. The Morgan fingerprint density at radius 2 is 2.09 bits per heavy atom. The van der Waals surface area contributed by atoms with E-state index in [0.29, 0.717) is 18.5 Å². The number of aliphatic imine (C=N–C) groups is 1. The normalized spacial score (nSPS) is 21.3. The van der Waals surface area contributed by atoms with Crippen LogP contribution in [0.5, 0.6) is 5.88 Å². The van der Waals surface area contributed by atoms with Crippen LogP contribution >= 0.6 is 24.0 Å². The van der Waals surface area contributed by atoms with Gasteiger partial charge < -0.3 is 15.4 Å². The number of hydrogen-bond donors (Lipinski definition) is 2. The number of halogens is 1. The van der Waals surface area contributed by atoms with E-state index in [-0.39, 0.29) is 24.0 Å². The van der Waals surface area contributed by atoms with Crippen LogP contribution in [0.25, 0.3) is 0 Å². The summed E-state index contributed by atoms with van der Waals surface area (Å²) in [7, 11) is 1.64. The molecule has 0 spiro atoms. The van der Waals surface area contributed by atoms with Crippen LogP contribution in [-0.2, 0) is 6.54 Å². The maximum Gasteiger partial charge on any atom is 0.218 e. The second kappa shape index (κ2) is 10.7. The SMILES string of the molecule is CCNC(=NCc1cccnc1OC)NC1CCC(C)CC1.I. The summed E-state index contributed by atoms with van der Waals surface area (Å²) in [5.41, 5.74) is 1.000. The molecule has 1 aliphatic carbocycles. The van der Waals surface area contributed by atoms with Gasteiger partial charge in [0.15, 0.2) is 5.96 Å². The van der Waals surface area contributed by atoms with Crippen LogP contribution in [0, 0.1) is 5.92 Å². The molecule has 2 N–H and O–H groups in total. The number of aromatic nitrogens is 1. The highest BCUT2D eigenvalue weighted by atomic mass is 127. The quantitative estimate of drug-likeness (QED) is 0.426. The van der Waals surface area contributed by atoms with Crippen molar-refractivity contribution in [1.29, 1.82) is 0 Å². The summed E-state index contributed by atoms with van der Waals surface area (Å²) < 4.78 is 5.28. The molecule has 1 aromatic heterocycles. The van der Waals surface area contributed by atoms with Crippen molar-refractivity contribution in [1.82, 2.24) is 15.6 Å². The van der Waals surface area contributed by atoms with Crippen molar-refractivity contribution in [2.75, 3.05) is 13.7 Å². The number of guanidine groups is 1. The van der Waals surface area contributed by atoms with E-state index in [4.69, 9.17) is 4.74 Å². The summed E-state index contributed by atoms with van der Waals surface area (Å²) in [6.07, 6.45) is 6.78. The molecule has 0 bridgehead atoms. The third-order valence-electron chi connectivity index (χ3n) is 4.15. The van der Waals surface area contributed by atoms with Crippen molar-refractivity contribution in [2.24, 2.45) is 10.9 Å². The number of nitrogens with zero attached hydrogens (tertiary/aromatic N) is 2. The fraction of sp³-hybridized carbons (Fsp3) is 0.647. The lowest BCUT2D eigenvalue weighted by atomic mass is 9.87. The molecule has 0 aromatic carbocycles. The maximum atomic E-state index is 5.28. The number of methoxy groups -OCH3 is 1. The van der Waals surface area contributed by atoms with Crippen LogP contribution in [0.3, 0.4) is 0 Å². The summed E-state index contributed by atoms with van der Waals surface area (Å²) in [6.45, 7) is 5.85. The second-order valence-corrected chi connectivity index (χ2v) is 5.97. The summed E-state index contributed by atoms with van der Waals surface area (Å²) in [6, 6.07) is 4.45. The monoisotopic (exact) mass is 432 g/mol. The molecule has 1 saturated carbocycles. The Hall–Kier alpha value is -1.05. The Balaban J connectivity index is 0.00000264. The minimum Gasteiger partial charge on any atom is -0.481 e. The molecule has 1 fully saturated rings. The standard InChI is InChI=1S/C17H28N4O.HI/c1-4-18-17(21-15-9-7-13(2)8-10-15)20-12-14-6-5-11-19-16(14)22-3;/h5-6,11,13,15H,4,7-10,12H2,1-3H3,(H2,18,20,21);1H. The highest BCUT2D eigenvalue weighted by Crippen LogP contribution is 2.23. The lowest BCUT2D eigenvalue weighted by Gasteiger charge is -2.28. The predicted molar refractivity (Wildman–Crippen MR) is 106 cm³/mol. The fourth-order valence-electron chi connectivity index (χ4n) is 2.81. The summed E-state index contributed by atoms with van der Waals surface area (Å²) in [4.78, 5) is 8.89. The highest BCUT2D eigenvalue weighted by molar-refractivity contribution is 14.0. The zero-order chi connectivity index (χ0) is 15.8. The topological polar surface area (TPSA) is 58.5 Å². The fourth-order valence-corrected chi connectivity index (χ4v) is 2.81. The van der Waals surface area contributed by atoms with Gasteiger partial charge in [-0.1, -0.05) is 13.0 Å². The molecular weight excluding hydrogens is 403 g/mol. The first kappa shape index (κ1) is 20.0. The van der Waals surface area contributed by atoms with Crippen LogP contribution in [0.15, 0.2) is 23.3 Å². The Morgan fingerprint density at radius 1 is 1.35 bits per heavy atom. The average molecular weight is 432 g/mol. The minimum absolute atomic E-state index is 0. The first-order valence-electron chi connectivity index (χ1n) is 8.25. The van der Waals surface area contributed by atoms with Gasteiger partial charge >= 0.3 is 0 Å². The maximum absolute atomic E-state index is 5.28. The zero-order valence-electron chi connectivity index (χ0n) is 14.3. The van der Waals surface area contributed by atoms with Crippen molar-refractivity contribution in [3.05, 3.63) is 23.9 Å². The highest BCUT2D eigenvalue weighted by Gasteiger charge is 2.18. The first-order valence-corrected chi connectivity index (χ1v) is 8.25. The van der Waals surface area contributed by atoms with E-state index < -0.39 is 0 Å². The molecule has 0 amide bonds. The van der Waals surface area contributed by atoms with Gasteiger partial charge in [-0.05, 0) is 44.6 Å². The molecule has 1 aliphatic rings. The summed E-state index contributed by atoms with van der Waals surface area (Å²) >= 11 is 0. The van der Waals surface area contributed by atoms with Gasteiger partial charge in [0.05, 0.1) is 13.7 Å². The van der Waals surface area contributed by atoms with Crippen molar-refractivity contribution in [2.45, 2.75) is 52.1 Å².